The van der Waals surface area contributed by atoms with Crippen molar-refractivity contribution in [3.8, 4) is 0 Å². The molecule has 0 fully saturated rings. The van der Waals surface area contributed by atoms with Gasteiger partial charge in [-0.05, 0) is 161 Å². The zero-order valence-corrected chi connectivity index (χ0v) is 85.7. The summed E-state index contributed by atoms with van der Waals surface area (Å²) in [6.45, 7) is 35.2. The fraction of sp³-hybridized carbons (Fsp3) is 0.786. The smallest absolute Gasteiger partial charge is 0.306 e. The second kappa shape index (κ2) is 133. The molecule has 0 aromatic rings. The van der Waals surface area contributed by atoms with E-state index in [0.29, 0.717) is 45.5 Å². The number of unbranched alkanes of at least 4 members (excludes halogenated alkanes) is 56. The predicted molar refractivity (Wildman–Crippen MR) is 493 cm³/mol. The SMILES string of the molecule is [CH2-]CCCCCCC(=O)OC/C=C\CCCCCC.[CH2-]CCCCCCC(=O)OC/C=C\CCCCCC.[CH2-]CCCCCCC/C=C\CCCCC.[CH2-]CCCCCCC/C=C\CCCCC(=O)OCC.[CH2-]CCCCCCC/C=C\CCCCCCCC.[CH2-]CCCCCCC/C=C\CCCCCCCC(=O)OC.[Y].[Y].[Y]. The first-order valence-corrected chi connectivity index (χ1v) is 47.8. The quantitative estimate of drug-likeness (QED) is 0.0195. The number of allylic oxidation sites excluding steroid dienone is 10. The Hall–Kier alpha value is -0.368. The van der Waals surface area contributed by atoms with Crippen molar-refractivity contribution in [1.82, 2.24) is 0 Å². The molecule has 667 valence electrons. The molecule has 114 heavy (non-hydrogen) atoms. The van der Waals surface area contributed by atoms with Gasteiger partial charge in [0.25, 0.3) is 0 Å². The number of carbonyl (C=O) groups excluding carboxylic acids is 4. The van der Waals surface area contributed by atoms with E-state index in [1.54, 1.807) is 0 Å². The zero-order valence-electron chi connectivity index (χ0n) is 77.2. The molecule has 0 aliphatic heterocycles. The zero-order chi connectivity index (χ0) is 82.7. The van der Waals surface area contributed by atoms with Crippen LogP contribution in [0.15, 0.2) is 72.9 Å². The molecule has 0 aromatic heterocycles. The minimum absolute atomic E-state index is 0. The molecular formula is C103H192O8Y3-6. The topological polar surface area (TPSA) is 105 Å². The normalized spacial score (nSPS) is 10.9. The molecule has 0 saturated heterocycles. The van der Waals surface area contributed by atoms with Crippen LogP contribution >= 0.6 is 0 Å². The number of ether oxygens (including phenoxy) is 4. The predicted octanol–water partition coefficient (Wildman–Crippen LogP) is 34.2. The van der Waals surface area contributed by atoms with Gasteiger partial charge in [0.05, 0.1) is 13.7 Å². The Morgan fingerprint density at radius 2 is 0.360 bits per heavy atom. The molecule has 8 nitrogen and oxygen atoms in total. The molecule has 0 heterocycles. The van der Waals surface area contributed by atoms with Crippen molar-refractivity contribution >= 4 is 23.9 Å². The second-order valence-electron chi connectivity index (χ2n) is 30.6. The van der Waals surface area contributed by atoms with Gasteiger partial charge in [-0.2, -0.15) is 38.5 Å². The van der Waals surface area contributed by atoms with E-state index < -0.39 is 0 Å². The van der Waals surface area contributed by atoms with E-state index in [0.717, 1.165) is 122 Å². The molecule has 11 heteroatoms. The van der Waals surface area contributed by atoms with Gasteiger partial charge in [0.1, 0.15) is 13.2 Å². The molecule has 3 radical (unpaired) electrons. The van der Waals surface area contributed by atoms with Gasteiger partial charge in [0, 0.05) is 124 Å². The molecule has 0 atom stereocenters. The van der Waals surface area contributed by atoms with Gasteiger partial charge in [-0.3, -0.25) is 19.2 Å². The minimum Gasteiger partial charge on any atom is -0.469 e. The summed E-state index contributed by atoms with van der Waals surface area (Å²) in [4.78, 5) is 44.8. The van der Waals surface area contributed by atoms with Crippen molar-refractivity contribution in [2.45, 2.75) is 497 Å². The van der Waals surface area contributed by atoms with Crippen molar-refractivity contribution in [3.63, 3.8) is 0 Å². The summed E-state index contributed by atoms with van der Waals surface area (Å²) in [6, 6.07) is 0. The number of esters is 4. The molecule has 0 N–H and O–H groups in total. The molecule has 0 rings (SSSR count). The standard InChI is InChI=1S/C19H35O2.C18H35.3C17H31O2.C15H29.3Y/c1-3-4-5-6-7-8-9-10-11-12-13-14-15-16-17-18-19(20)21-2;1-3-5-7-9-11-13-15-17-18-16-14-12-10-8-6-4-2;1-3-5-6-7-8-9-10-11-12-13-14-15-16-17(18)19-4-2;2*1-3-5-7-9-10-12-14-16-19-17(18)15-13-11-8-6-4-2;1-3-5-7-9-11-13-15-14-12-10-8-6-4-2;;;/h10-11H,1,3-9,12-18H2,2H3;17-18H,1,3-16H2,2H3;11-12H,1,3-10,13-16H2,2H3;2*12,14H,2-11,13,15-16H2,1H3;12,14H,1,3-11,13,15H2,2H3;;;/q6*-1;;;/b11-10-;18-17-;12-11-;3*14-12-;;;. The van der Waals surface area contributed by atoms with Crippen LogP contribution in [0.4, 0.5) is 0 Å². The monoisotopic (exact) mass is 1820 g/mol. The van der Waals surface area contributed by atoms with E-state index in [1.165, 1.54) is 322 Å². The van der Waals surface area contributed by atoms with Crippen LogP contribution in [0.2, 0.25) is 0 Å². The van der Waals surface area contributed by atoms with Gasteiger partial charge in [0.15, 0.2) is 0 Å². The van der Waals surface area contributed by atoms with Crippen LogP contribution in [-0.2, 0) is 136 Å². The first-order chi connectivity index (χ1) is 54.6. The van der Waals surface area contributed by atoms with Crippen LogP contribution < -0.4 is 0 Å². The third-order valence-corrected chi connectivity index (χ3v) is 19.4. The maximum Gasteiger partial charge on any atom is 0.306 e. The summed E-state index contributed by atoms with van der Waals surface area (Å²) in [7, 11) is 1.46. The molecule has 0 spiro atoms. The van der Waals surface area contributed by atoms with Gasteiger partial charge < -0.3 is 60.5 Å². The van der Waals surface area contributed by atoms with Gasteiger partial charge in [-0.15, -0.1) is 0 Å². The summed E-state index contributed by atoms with van der Waals surface area (Å²) in [5.74, 6) is -0.270. The van der Waals surface area contributed by atoms with E-state index in [9.17, 15) is 19.2 Å². The Morgan fingerprint density at radius 1 is 0.202 bits per heavy atom. The minimum atomic E-state index is -0.0794. The Balaban J connectivity index is -0.000000165. The number of carbonyl (C=O) groups is 4. The van der Waals surface area contributed by atoms with Crippen LogP contribution in [0.1, 0.15) is 497 Å². The van der Waals surface area contributed by atoms with Crippen LogP contribution in [0.3, 0.4) is 0 Å². The summed E-state index contributed by atoms with van der Waals surface area (Å²) in [5, 5.41) is 0. The molecule has 0 aromatic carbocycles. The number of hydrogen-bond donors (Lipinski definition) is 0. The third kappa shape index (κ3) is 146. The Labute approximate surface area is 790 Å². The average molecular weight is 1830 g/mol. The van der Waals surface area contributed by atoms with Crippen molar-refractivity contribution < 1.29 is 136 Å². The maximum absolute atomic E-state index is 11.4. The summed E-state index contributed by atoms with van der Waals surface area (Å²) < 4.78 is 19.8. The van der Waals surface area contributed by atoms with Crippen molar-refractivity contribution in [3.05, 3.63) is 114 Å². The van der Waals surface area contributed by atoms with Crippen molar-refractivity contribution in [2.24, 2.45) is 0 Å². The maximum atomic E-state index is 11.4. The van der Waals surface area contributed by atoms with Gasteiger partial charge >= 0.3 is 23.9 Å². The Morgan fingerprint density at radius 3 is 0.588 bits per heavy atom. The number of methoxy groups -OCH3 is 1. The summed E-state index contributed by atoms with van der Waals surface area (Å²) in [5.41, 5.74) is 0. The fourth-order valence-corrected chi connectivity index (χ4v) is 12.1. The van der Waals surface area contributed by atoms with Crippen molar-refractivity contribution in [1.29, 1.82) is 0 Å². The van der Waals surface area contributed by atoms with Gasteiger partial charge in [-0.1, -0.05) is 345 Å². The Bertz CT molecular complexity index is 1830. The van der Waals surface area contributed by atoms with E-state index >= 15 is 0 Å². The van der Waals surface area contributed by atoms with Crippen LogP contribution in [0.25, 0.3) is 0 Å². The van der Waals surface area contributed by atoms with E-state index in [-0.39, 0.29) is 122 Å². The molecule has 0 saturated carbocycles. The van der Waals surface area contributed by atoms with E-state index in [4.69, 9.17) is 14.2 Å². The number of hydrogen-bond acceptors (Lipinski definition) is 8. The molecule has 0 unspecified atom stereocenters. The largest absolute Gasteiger partial charge is 0.469 e. The van der Waals surface area contributed by atoms with Gasteiger partial charge in [0.2, 0.25) is 0 Å². The first kappa shape index (κ1) is 132. The molecule has 0 bridgehead atoms. The molecule has 0 aliphatic carbocycles. The Kier molecular flexibility index (Phi) is 154. The van der Waals surface area contributed by atoms with Crippen molar-refractivity contribution in [2.75, 3.05) is 26.9 Å². The number of rotatable bonds is 79. The van der Waals surface area contributed by atoms with Crippen LogP contribution in [0.5, 0.6) is 0 Å². The first-order valence-electron chi connectivity index (χ1n) is 47.8. The summed E-state index contributed by atoms with van der Waals surface area (Å²) in [6.07, 6.45) is 114. The average Bonchev–Trinajstić information content (AvgIpc) is 1.12. The van der Waals surface area contributed by atoms with E-state index in [1.807, 2.05) is 19.1 Å². The van der Waals surface area contributed by atoms with Gasteiger partial charge in [-0.25, -0.2) is 0 Å². The molecular weight excluding hydrogens is 1630 g/mol. The van der Waals surface area contributed by atoms with Crippen LogP contribution in [-0.4, -0.2) is 50.8 Å². The fourth-order valence-electron chi connectivity index (χ4n) is 12.1. The summed E-state index contributed by atoms with van der Waals surface area (Å²) >= 11 is 0. The van der Waals surface area contributed by atoms with E-state index in [2.05, 4.69) is 135 Å². The second-order valence-corrected chi connectivity index (χ2v) is 30.6. The molecule has 0 aliphatic rings. The molecule has 0 amide bonds. The van der Waals surface area contributed by atoms with Crippen LogP contribution in [0, 0.1) is 41.5 Å². The third-order valence-electron chi connectivity index (χ3n) is 19.4.